The summed E-state index contributed by atoms with van der Waals surface area (Å²) in [5.41, 5.74) is -0.0101. The minimum absolute atomic E-state index is 0.0703. The van der Waals surface area contributed by atoms with E-state index in [-0.39, 0.29) is 34.0 Å². The van der Waals surface area contributed by atoms with Gasteiger partial charge in [0.05, 0.1) is 21.1 Å². The summed E-state index contributed by atoms with van der Waals surface area (Å²) in [6.07, 6.45) is 0. The van der Waals surface area contributed by atoms with Gasteiger partial charge in [-0.25, -0.2) is 0 Å². The summed E-state index contributed by atoms with van der Waals surface area (Å²) in [4.78, 5) is 33.1. The monoisotopic (exact) mass is 358 g/mol. The first-order valence-electron chi connectivity index (χ1n) is 7.36. The summed E-state index contributed by atoms with van der Waals surface area (Å²) < 4.78 is 1.22. The fourth-order valence-electron chi connectivity index (χ4n) is 2.49. The molecular formula is C15H14N6O5. The third-order valence-electron chi connectivity index (χ3n) is 3.81. The number of aryl methyl sites for hydroxylation is 1. The Morgan fingerprint density at radius 3 is 2.46 bits per heavy atom. The summed E-state index contributed by atoms with van der Waals surface area (Å²) in [6.45, 7) is 4.45. The number of nitriles is 1. The maximum atomic E-state index is 12.5. The van der Waals surface area contributed by atoms with E-state index in [1.165, 1.54) is 31.5 Å². The molecule has 11 heteroatoms. The van der Waals surface area contributed by atoms with Gasteiger partial charge in [-0.05, 0) is 26.8 Å². The Morgan fingerprint density at radius 1 is 1.31 bits per heavy atom. The zero-order valence-electron chi connectivity index (χ0n) is 14.1. The number of hydrogen-bond donors (Lipinski definition) is 1. The average Bonchev–Trinajstić information content (AvgIpc) is 2.88. The van der Waals surface area contributed by atoms with Crippen LogP contribution in [0.3, 0.4) is 0 Å². The number of nitrogens with zero attached hydrogens (tertiary/aromatic N) is 5. The topological polar surface area (TPSA) is 157 Å². The van der Waals surface area contributed by atoms with Crippen molar-refractivity contribution in [3.05, 3.63) is 55.4 Å². The largest absolute Gasteiger partial charge is 0.323 e. The van der Waals surface area contributed by atoms with Crippen molar-refractivity contribution in [2.24, 2.45) is 0 Å². The molecule has 0 radical (unpaired) electrons. The lowest BCUT2D eigenvalue weighted by atomic mass is 10.1. The van der Waals surface area contributed by atoms with Gasteiger partial charge in [-0.1, -0.05) is 0 Å². The summed E-state index contributed by atoms with van der Waals surface area (Å²) >= 11 is 0. The van der Waals surface area contributed by atoms with Crippen molar-refractivity contribution in [1.29, 1.82) is 5.26 Å². The molecule has 1 amide bonds. The summed E-state index contributed by atoms with van der Waals surface area (Å²) in [5.74, 6) is -0.573. The smallest absolute Gasteiger partial charge is 0.312 e. The van der Waals surface area contributed by atoms with E-state index in [2.05, 4.69) is 10.4 Å². The molecule has 2 rings (SSSR count). The van der Waals surface area contributed by atoms with Crippen LogP contribution in [0.1, 0.15) is 29.9 Å². The number of aromatic nitrogens is 2. The Hall–Kier alpha value is -3.81. The fraction of sp³-hybridized carbons (Fsp3) is 0.267. The molecule has 0 bridgehead atoms. The number of nitro groups is 2. The zero-order valence-corrected chi connectivity index (χ0v) is 14.1. The number of hydrogen-bond acceptors (Lipinski definition) is 7. The molecule has 0 aliphatic rings. The van der Waals surface area contributed by atoms with Crippen LogP contribution >= 0.6 is 0 Å². The van der Waals surface area contributed by atoms with Gasteiger partial charge in [0, 0.05) is 12.1 Å². The standard InChI is InChI=1S/C15H14N6O5/c1-8-14(21(25)26)9(2)19(18-8)10(3)15(22)17-13-5-4-12(20(23)24)6-11(13)7-16/h4-6,10H,1-3H3,(H,17,22). The quantitative estimate of drug-likeness (QED) is 0.634. The molecule has 0 spiro atoms. The molecule has 0 fully saturated rings. The molecule has 26 heavy (non-hydrogen) atoms. The molecular weight excluding hydrogens is 344 g/mol. The zero-order chi connectivity index (χ0) is 19.6. The van der Waals surface area contributed by atoms with Gasteiger partial charge in [0.1, 0.15) is 23.5 Å². The van der Waals surface area contributed by atoms with Gasteiger partial charge in [-0.2, -0.15) is 10.4 Å². The van der Waals surface area contributed by atoms with Gasteiger partial charge in [-0.3, -0.25) is 29.7 Å². The minimum atomic E-state index is -0.899. The van der Waals surface area contributed by atoms with Crippen molar-refractivity contribution in [2.45, 2.75) is 26.8 Å². The van der Waals surface area contributed by atoms with E-state index in [0.29, 0.717) is 0 Å². The predicted octanol–water partition coefficient (Wildman–Crippen LogP) is 2.39. The van der Waals surface area contributed by atoms with E-state index >= 15 is 0 Å². The summed E-state index contributed by atoms with van der Waals surface area (Å²) in [5, 5.41) is 37.5. The molecule has 11 nitrogen and oxygen atoms in total. The van der Waals surface area contributed by atoms with Crippen molar-refractivity contribution < 1.29 is 14.6 Å². The van der Waals surface area contributed by atoms with Crippen LogP contribution < -0.4 is 5.32 Å². The number of amides is 1. The highest BCUT2D eigenvalue weighted by molar-refractivity contribution is 5.94. The van der Waals surface area contributed by atoms with E-state index in [1.54, 1.807) is 6.07 Å². The van der Waals surface area contributed by atoms with Crippen LogP contribution in [0.15, 0.2) is 18.2 Å². The summed E-state index contributed by atoms with van der Waals surface area (Å²) in [6, 6.07) is 4.35. The number of carbonyl (C=O) groups is 1. The van der Waals surface area contributed by atoms with E-state index in [9.17, 15) is 25.0 Å². The maximum absolute atomic E-state index is 12.5. The first-order valence-corrected chi connectivity index (χ1v) is 7.36. The fourth-order valence-corrected chi connectivity index (χ4v) is 2.49. The van der Waals surface area contributed by atoms with Gasteiger partial charge in [0.15, 0.2) is 0 Å². The Kier molecular flexibility index (Phi) is 4.97. The molecule has 0 saturated carbocycles. The third-order valence-corrected chi connectivity index (χ3v) is 3.81. The van der Waals surface area contributed by atoms with Crippen molar-refractivity contribution in [3.63, 3.8) is 0 Å². The SMILES string of the molecule is Cc1nn(C(C)C(=O)Nc2ccc([N+](=O)[O-])cc2C#N)c(C)c1[N+](=O)[O-]. The molecule has 1 heterocycles. The van der Waals surface area contributed by atoms with E-state index in [1.807, 2.05) is 0 Å². The molecule has 1 aromatic heterocycles. The predicted molar refractivity (Wildman–Crippen MR) is 89.5 cm³/mol. The van der Waals surface area contributed by atoms with E-state index < -0.39 is 21.8 Å². The van der Waals surface area contributed by atoms with Crippen LogP contribution in [-0.2, 0) is 4.79 Å². The first kappa shape index (κ1) is 18.5. The van der Waals surface area contributed by atoms with Gasteiger partial charge < -0.3 is 5.32 Å². The molecule has 1 aromatic carbocycles. The second kappa shape index (κ2) is 6.98. The molecule has 0 aliphatic carbocycles. The van der Waals surface area contributed by atoms with Crippen molar-refractivity contribution in [1.82, 2.24) is 9.78 Å². The molecule has 0 aliphatic heterocycles. The molecule has 1 atom stereocenters. The van der Waals surface area contributed by atoms with Crippen molar-refractivity contribution in [2.75, 3.05) is 5.32 Å². The number of non-ortho nitro benzene ring substituents is 1. The Morgan fingerprint density at radius 2 is 1.96 bits per heavy atom. The second-order valence-corrected chi connectivity index (χ2v) is 5.49. The number of benzene rings is 1. The van der Waals surface area contributed by atoms with Gasteiger partial charge in [0.2, 0.25) is 5.91 Å². The second-order valence-electron chi connectivity index (χ2n) is 5.49. The lowest BCUT2D eigenvalue weighted by Crippen LogP contribution is -2.25. The number of carbonyl (C=O) groups excluding carboxylic acids is 1. The Labute approximate surface area is 147 Å². The highest BCUT2D eigenvalue weighted by Gasteiger charge is 2.27. The van der Waals surface area contributed by atoms with E-state index in [0.717, 1.165) is 12.1 Å². The molecule has 0 saturated heterocycles. The highest BCUT2D eigenvalue weighted by atomic mass is 16.6. The maximum Gasteiger partial charge on any atom is 0.312 e. The normalized spacial score (nSPS) is 11.5. The number of anilines is 1. The van der Waals surface area contributed by atoms with E-state index in [4.69, 9.17) is 5.26 Å². The first-order chi connectivity index (χ1) is 12.2. The lowest BCUT2D eigenvalue weighted by Gasteiger charge is -2.14. The molecule has 2 aromatic rings. The van der Waals surface area contributed by atoms with Gasteiger partial charge >= 0.3 is 5.69 Å². The molecule has 1 unspecified atom stereocenters. The minimum Gasteiger partial charge on any atom is -0.323 e. The molecule has 1 N–H and O–H groups in total. The Bertz CT molecular complexity index is 958. The molecule has 134 valence electrons. The Balaban J connectivity index is 2.31. The summed E-state index contributed by atoms with van der Waals surface area (Å²) in [7, 11) is 0. The highest BCUT2D eigenvalue weighted by Crippen LogP contribution is 2.26. The van der Waals surface area contributed by atoms with Crippen LogP contribution in [0.4, 0.5) is 17.1 Å². The van der Waals surface area contributed by atoms with Crippen LogP contribution in [0.25, 0.3) is 0 Å². The third kappa shape index (κ3) is 3.34. The van der Waals surface area contributed by atoms with Crippen molar-refractivity contribution in [3.8, 4) is 6.07 Å². The van der Waals surface area contributed by atoms with Crippen LogP contribution in [0.2, 0.25) is 0 Å². The average molecular weight is 358 g/mol. The van der Waals surface area contributed by atoms with Crippen LogP contribution in [-0.4, -0.2) is 25.5 Å². The van der Waals surface area contributed by atoms with Gasteiger partial charge in [0.25, 0.3) is 5.69 Å². The number of nitrogens with one attached hydrogen (secondary N) is 1. The van der Waals surface area contributed by atoms with Crippen LogP contribution in [0, 0.1) is 45.4 Å². The van der Waals surface area contributed by atoms with Crippen molar-refractivity contribution >= 4 is 23.0 Å². The number of rotatable bonds is 5. The lowest BCUT2D eigenvalue weighted by molar-refractivity contribution is -0.386. The van der Waals surface area contributed by atoms with Gasteiger partial charge in [-0.15, -0.1) is 0 Å². The van der Waals surface area contributed by atoms with Crippen LogP contribution in [0.5, 0.6) is 0 Å². The number of nitro benzene ring substituents is 1.